The van der Waals surface area contributed by atoms with Crippen molar-refractivity contribution in [2.75, 3.05) is 11.9 Å². The van der Waals surface area contributed by atoms with Crippen LogP contribution in [-0.2, 0) is 4.79 Å². The predicted molar refractivity (Wildman–Crippen MR) is 99.1 cm³/mol. The third kappa shape index (κ3) is 5.64. The molecule has 0 bridgehead atoms. The molecule has 132 valence electrons. The van der Waals surface area contributed by atoms with E-state index in [2.05, 4.69) is 10.6 Å². The summed E-state index contributed by atoms with van der Waals surface area (Å²) in [6.45, 7) is 7.72. The van der Waals surface area contributed by atoms with Gasteiger partial charge in [-0.05, 0) is 69.2 Å². The Labute approximate surface area is 148 Å². The van der Waals surface area contributed by atoms with E-state index in [1.165, 1.54) is 5.56 Å². The van der Waals surface area contributed by atoms with Gasteiger partial charge in [-0.2, -0.15) is 0 Å². The number of anilines is 1. The first-order valence-corrected chi connectivity index (χ1v) is 8.26. The maximum atomic E-state index is 12.1. The topological polar surface area (TPSA) is 67.4 Å². The molecule has 0 aliphatic rings. The molecule has 25 heavy (non-hydrogen) atoms. The van der Waals surface area contributed by atoms with Gasteiger partial charge in [-0.25, -0.2) is 0 Å². The van der Waals surface area contributed by atoms with Crippen LogP contribution < -0.4 is 15.4 Å². The van der Waals surface area contributed by atoms with Crippen molar-refractivity contribution in [3.8, 4) is 5.75 Å². The highest BCUT2D eigenvalue weighted by molar-refractivity contribution is 5.97. The fourth-order valence-electron chi connectivity index (χ4n) is 2.23. The maximum absolute atomic E-state index is 12.1. The number of hydrogen-bond donors (Lipinski definition) is 2. The molecule has 2 N–H and O–H groups in total. The van der Waals surface area contributed by atoms with Crippen LogP contribution in [0.1, 0.15) is 35.3 Å². The van der Waals surface area contributed by atoms with Gasteiger partial charge in [-0.3, -0.25) is 9.59 Å². The number of rotatable bonds is 6. The minimum atomic E-state index is -0.278. The monoisotopic (exact) mass is 340 g/mol. The molecule has 0 unspecified atom stereocenters. The van der Waals surface area contributed by atoms with Gasteiger partial charge in [0.25, 0.3) is 11.8 Å². The van der Waals surface area contributed by atoms with Gasteiger partial charge in [0.2, 0.25) is 0 Å². The summed E-state index contributed by atoms with van der Waals surface area (Å²) in [6.07, 6.45) is 0. The Hall–Kier alpha value is -2.82. The Bertz CT molecular complexity index is 769. The quantitative estimate of drug-likeness (QED) is 0.846. The van der Waals surface area contributed by atoms with E-state index in [4.69, 9.17) is 4.74 Å². The zero-order valence-corrected chi connectivity index (χ0v) is 15.1. The van der Waals surface area contributed by atoms with Crippen molar-refractivity contribution in [1.29, 1.82) is 0 Å². The van der Waals surface area contributed by atoms with Gasteiger partial charge in [-0.1, -0.05) is 12.1 Å². The van der Waals surface area contributed by atoms with E-state index < -0.39 is 0 Å². The molecule has 5 nitrogen and oxygen atoms in total. The molecule has 2 amide bonds. The van der Waals surface area contributed by atoms with Gasteiger partial charge < -0.3 is 15.4 Å². The van der Waals surface area contributed by atoms with E-state index in [1.54, 1.807) is 24.3 Å². The maximum Gasteiger partial charge on any atom is 0.262 e. The van der Waals surface area contributed by atoms with Gasteiger partial charge in [0, 0.05) is 17.3 Å². The van der Waals surface area contributed by atoms with Crippen molar-refractivity contribution in [2.45, 2.75) is 33.7 Å². The van der Waals surface area contributed by atoms with Crippen molar-refractivity contribution in [1.82, 2.24) is 5.32 Å². The highest BCUT2D eigenvalue weighted by atomic mass is 16.5. The summed E-state index contributed by atoms with van der Waals surface area (Å²) in [5.41, 5.74) is 3.35. The van der Waals surface area contributed by atoms with Crippen molar-refractivity contribution < 1.29 is 14.3 Å². The molecular formula is C20H24N2O3. The molecule has 0 fully saturated rings. The molecule has 2 aromatic rings. The summed E-state index contributed by atoms with van der Waals surface area (Å²) < 4.78 is 5.51. The summed E-state index contributed by atoms with van der Waals surface area (Å²) in [4.78, 5) is 24.1. The minimum absolute atomic E-state index is 0.0529. The van der Waals surface area contributed by atoms with Crippen LogP contribution in [0.15, 0.2) is 42.5 Å². The van der Waals surface area contributed by atoms with Crippen LogP contribution in [-0.4, -0.2) is 24.5 Å². The molecule has 0 radical (unpaired) electrons. The van der Waals surface area contributed by atoms with Gasteiger partial charge in [-0.15, -0.1) is 0 Å². The SMILES string of the molecule is Cc1ccc(OCC(=O)Nc2cccc(C(=O)NC(C)C)c2)cc1C. The van der Waals surface area contributed by atoms with Gasteiger partial charge in [0.05, 0.1) is 0 Å². The Morgan fingerprint density at radius 3 is 2.48 bits per heavy atom. The van der Waals surface area contributed by atoms with Crippen molar-refractivity contribution in [2.24, 2.45) is 0 Å². The van der Waals surface area contributed by atoms with Crippen LogP contribution in [0.5, 0.6) is 5.75 Å². The number of aryl methyl sites for hydroxylation is 2. The molecule has 0 aromatic heterocycles. The molecular weight excluding hydrogens is 316 g/mol. The second-order valence-corrected chi connectivity index (χ2v) is 6.29. The Balaban J connectivity index is 1.93. The minimum Gasteiger partial charge on any atom is -0.484 e. The summed E-state index contributed by atoms with van der Waals surface area (Å²) in [5, 5.41) is 5.56. The van der Waals surface area contributed by atoms with Crippen LogP contribution in [0.3, 0.4) is 0 Å². The van der Waals surface area contributed by atoms with Crippen LogP contribution in [0, 0.1) is 13.8 Å². The van der Waals surface area contributed by atoms with E-state index in [-0.39, 0.29) is 24.5 Å². The normalized spacial score (nSPS) is 10.4. The predicted octanol–water partition coefficient (Wildman–Crippen LogP) is 3.46. The van der Waals surface area contributed by atoms with Crippen molar-refractivity contribution >= 4 is 17.5 Å². The zero-order chi connectivity index (χ0) is 18.4. The third-order valence-electron chi connectivity index (χ3n) is 3.68. The van der Waals surface area contributed by atoms with Gasteiger partial charge >= 0.3 is 0 Å². The lowest BCUT2D eigenvalue weighted by molar-refractivity contribution is -0.118. The summed E-state index contributed by atoms with van der Waals surface area (Å²) in [7, 11) is 0. The largest absolute Gasteiger partial charge is 0.484 e. The number of nitrogens with one attached hydrogen (secondary N) is 2. The van der Waals surface area contributed by atoms with Crippen molar-refractivity contribution in [3.05, 3.63) is 59.2 Å². The summed E-state index contributed by atoms with van der Waals surface area (Å²) in [6, 6.07) is 12.6. The lowest BCUT2D eigenvalue weighted by Gasteiger charge is -2.11. The Morgan fingerprint density at radius 1 is 1.04 bits per heavy atom. The van der Waals surface area contributed by atoms with Gasteiger partial charge in [0.15, 0.2) is 6.61 Å². The van der Waals surface area contributed by atoms with E-state index >= 15 is 0 Å². The lowest BCUT2D eigenvalue weighted by Crippen LogP contribution is -2.30. The zero-order valence-electron chi connectivity index (χ0n) is 15.1. The molecule has 5 heteroatoms. The molecule has 0 aliphatic carbocycles. The number of hydrogen-bond acceptors (Lipinski definition) is 3. The lowest BCUT2D eigenvalue weighted by atomic mass is 10.1. The highest BCUT2D eigenvalue weighted by Gasteiger charge is 2.09. The Morgan fingerprint density at radius 2 is 1.80 bits per heavy atom. The van der Waals surface area contributed by atoms with E-state index in [0.717, 1.165) is 5.56 Å². The Kier molecular flexibility index (Phi) is 6.17. The fraction of sp³-hybridized carbons (Fsp3) is 0.300. The molecule has 0 atom stereocenters. The van der Waals surface area contributed by atoms with Crippen molar-refractivity contribution in [3.63, 3.8) is 0 Å². The number of benzene rings is 2. The number of amides is 2. The average molecular weight is 340 g/mol. The van der Waals surface area contributed by atoms with Crippen LogP contribution >= 0.6 is 0 Å². The third-order valence-corrected chi connectivity index (χ3v) is 3.68. The molecule has 0 aliphatic heterocycles. The second kappa shape index (κ2) is 8.33. The average Bonchev–Trinajstić information content (AvgIpc) is 2.55. The van der Waals surface area contributed by atoms with Crippen LogP contribution in [0.4, 0.5) is 5.69 Å². The van der Waals surface area contributed by atoms with Crippen LogP contribution in [0.25, 0.3) is 0 Å². The molecule has 0 saturated heterocycles. The van der Waals surface area contributed by atoms with Gasteiger partial charge in [0.1, 0.15) is 5.75 Å². The standard InChI is InChI=1S/C20H24N2O3/c1-13(2)21-20(24)16-6-5-7-17(11-16)22-19(23)12-25-18-9-8-14(3)15(4)10-18/h5-11,13H,12H2,1-4H3,(H,21,24)(H,22,23). The summed E-state index contributed by atoms with van der Waals surface area (Å²) in [5.74, 6) is 0.209. The second-order valence-electron chi connectivity index (χ2n) is 6.29. The molecule has 0 heterocycles. The van der Waals surface area contributed by atoms with E-state index in [1.807, 2.05) is 45.9 Å². The van der Waals surface area contributed by atoms with E-state index in [0.29, 0.717) is 17.0 Å². The number of carbonyl (C=O) groups excluding carboxylic acids is 2. The fourth-order valence-corrected chi connectivity index (χ4v) is 2.23. The first kappa shape index (κ1) is 18.5. The summed E-state index contributed by atoms with van der Waals surface area (Å²) >= 11 is 0. The molecule has 0 spiro atoms. The number of carbonyl (C=O) groups is 2. The molecule has 2 aromatic carbocycles. The van der Waals surface area contributed by atoms with Crippen LogP contribution in [0.2, 0.25) is 0 Å². The molecule has 0 saturated carbocycles. The molecule has 2 rings (SSSR count). The number of ether oxygens (including phenoxy) is 1. The smallest absolute Gasteiger partial charge is 0.262 e. The first-order valence-electron chi connectivity index (χ1n) is 8.26. The van der Waals surface area contributed by atoms with E-state index in [9.17, 15) is 9.59 Å². The first-order chi connectivity index (χ1) is 11.8. The highest BCUT2D eigenvalue weighted by Crippen LogP contribution is 2.16.